The molecule has 1 aromatic carbocycles. The lowest BCUT2D eigenvalue weighted by molar-refractivity contribution is -0.164. The predicted molar refractivity (Wildman–Crippen MR) is 138 cm³/mol. The third kappa shape index (κ3) is 10.2. The molecule has 1 aromatic rings. The Hall–Kier alpha value is -3.70. The number of esters is 2. The zero-order valence-corrected chi connectivity index (χ0v) is 23.5. The van der Waals surface area contributed by atoms with Crippen LogP contribution in [0.2, 0.25) is 0 Å². The summed E-state index contributed by atoms with van der Waals surface area (Å²) in [5.41, 5.74) is -1.06. The van der Waals surface area contributed by atoms with Crippen LogP contribution in [-0.4, -0.2) is 89.7 Å². The van der Waals surface area contributed by atoms with Crippen molar-refractivity contribution < 1.29 is 42.6 Å². The van der Waals surface area contributed by atoms with Crippen LogP contribution < -0.4 is 5.32 Å². The number of piperazine rings is 1. The summed E-state index contributed by atoms with van der Waals surface area (Å²) in [7, 11) is 1.15. The smallest absolute Gasteiger partial charge is 0.408 e. The Morgan fingerprint density at radius 2 is 1.56 bits per heavy atom. The first-order valence-electron chi connectivity index (χ1n) is 12.6. The number of ether oxygens (including phenoxy) is 3. The monoisotopic (exact) mass is 551 g/mol. The summed E-state index contributed by atoms with van der Waals surface area (Å²) in [6, 6.07) is 2.92. The van der Waals surface area contributed by atoms with E-state index in [0.717, 1.165) is 7.11 Å². The second-order valence-corrected chi connectivity index (χ2v) is 11.2. The number of methoxy groups -OCH3 is 1. The van der Waals surface area contributed by atoms with Gasteiger partial charge in [-0.15, -0.1) is 0 Å². The van der Waals surface area contributed by atoms with Crippen molar-refractivity contribution in [3.8, 4) is 0 Å². The predicted octanol–water partition coefficient (Wildman–Crippen LogP) is 2.21. The van der Waals surface area contributed by atoms with Gasteiger partial charge in [-0.25, -0.2) is 9.18 Å². The number of nitrogens with one attached hydrogen (secondary N) is 1. The van der Waals surface area contributed by atoms with E-state index >= 15 is 0 Å². The molecule has 2 atom stereocenters. The van der Waals surface area contributed by atoms with Crippen LogP contribution in [0.4, 0.5) is 9.18 Å². The highest BCUT2D eigenvalue weighted by molar-refractivity contribution is 5.95. The van der Waals surface area contributed by atoms with E-state index in [4.69, 9.17) is 14.2 Å². The van der Waals surface area contributed by atoms with Crippen LogP contribution in [0.3, 0.4) is 0 Å². The number of rotatable bonds is 8. The van der Waals surface area contributed by atoms with Crippen molar-refractivity contribution in [2.24, 2.45) is 0 Å². The zero-order chi connectivity index (χ0) is 29.5. The van der Waals surface area contributed by atoms with Gasteiger partial charge in [-0.2, -0.15) is 0 Å². The van der Waals surface area contributed by atoms with Gasteiger partial charge in [0.1, 0.15) is 35.6 Å². The number of halogens is 1. The van der Waals surface area contributed by atoms with Crippen molar-refractivity contribution >= 4 is 29.8 Å². The molecule has 39 heavy (non-hydrogen) atoms. The van der Waals surface area contributed by atoms with Gasteiger partial charge in [-0.05, 0) is 59.2 Å². The lowest BCUT2D eigenvalue weighted by atomic mass is 10.0. The largest absolute Gasteiger partial charge is 0.469 e. The third-order valence-electron chi connectivity index (χ3n) is 5.54. The van der Waals surface area contributed by atoms with Crippen LogP contribution in [0, 0.1) is 5.82 Å². The minimum Gasteiger partial charge on any atom is -0.469 e. The zero-order valence-electron chi connectivity index (χ0n) is 23.5. The molecule has 1 saturated heterocycles. The van der Waals surface area contributed by atoms with Crippen LogP contribution in [0.1, 0.15) is 53.5 Å². The van der Waals surface area contributed by atoms with Crippen molar-refractivity contribution in [3.05, 3.63) is 35.6 Å². The van der Waals surface area contributed by atoms with Gasteiger partial charge in [0.2, 0.25) is 11.8 Å². The molecule has 3 amide bonds. The Kier molecular flexibility index (Phi) is 10.4. The summed E-state index contributed by atoms with van der Waals surface area (Å²) in [6.45, 7) is 9.70. The fourth-order valence-corrected chi connectivity index (χ4v) is 3.93. The number of hydrogen-bond donors (Lipinski definition) is 1. The number of carbonyl (C=O) groups is 5. The first-order chi connectivity index (χ1) is 18.0. The number of carbonyl (C=O) groups excluding carboxylic acids is 5. The molecule has 0 aromatic heterocycles. The molecule has 2 rings (SSSR count). The Balaban J connectivity index is 2.33. The summed E-state index contributed by atoms with van der Waals surface area (Å²) in [6.07, 6.45) is -1.35. The Labute approximate surface area is 227 Å². The summed E-state index contributed by atoms with van der Waals surface area (Å²) in [5.74, 6) is -3.12. The minimum atomic E-state index is -1.28. The Morgan fingerprint density at radius 3 is 2.10 bits per heavy atom. The molecule has 0 unspecified atom stereocenters. The standard InChI is InChI=1S/C27H38FN3O8/c1-26(2,3)38-22(33)16-30-12-13-31(20(24(30)35)15-21(32)37-7)23(34)19(29-25(36)39-27(4,5)6)14-17-8-10-18(28)11-9-17/h8-11,19-20H,12-16H2,1-7H3,(H,29,36)/t19-,20-/m0/s1. The van der Waals surface area contributed by atoms with Gasteiger partial charge in [0.05, 0.1) is 13.5 Å². The minimum absolute atomic E-state index is 0.00278. The lowest BCUT2D eigenvalue weighted by Gasteiger charge is -2.41. The molecule has 0 radical (unpaired) electrons. The van der Waals surface area contributed by atoms with Gasteiger partial charge in [0.25, 0.3) is 0 Å². The fraction of sp³-hybridized carbons (Fsp3) is 0.593. The lowest BCUT2D eigenvalue weighted by Crippen LogP contribution is -2.63. The summed E-state index contributed by atoms with van der Waals surface area (Å²) >= 11 is 0. The maximum Gasteiger partial charge on any atom is 0.408 e. The van der Waals surface area contributed by atoms with Gasteiger partial charge < -0.3 is 29.3 Å². The van der Waals surface area contributed by atoms with E-state index in [-0.39, 0.29) is 26.1 Å². The maximum atomic E-state index is 13.8. The number of amides is 3. The van der Waals surface area contributed by atoms with Gasteiger partial charge in [-0.3, -0.25) is 19.2 Å². The number of benzene rings is 1. The van der Waals surface area contributed by atoms with E-state index in [9.17, 15) is 28.4 Å². The molecule has 1 fully saturated rings. The summed E-state index contributed by atoms with van der Waals surface area (Å²) in [4.78, 5) is 66.7. The number of alkyl carbamates (subject to hydrolysis) is 1. The Morgan fingerprint density at radius 1 is 0.974 bits per heavy atom. The molecule has 1 N–H and O–H groups in total. The van der Waals surface area contributed by atoms with E-state index in [1.807, 2.05) is 0 Å². The van der Waals surface area contributed by atoms with Crippen LogP contribution in [-0.2, 0) is 39.8 Å². The molecule has 11 nitrogen and oxygen atoms in total. The second-order valence-electron chi connectivity index (χ2n) is 11.2. The van der Waals surface area contributed by atoms with E-state index in [1.165, 1.54) is 34.1 Å². The van der Waals surface area contributed by atoms with Gasteiger partial charge >= 0.3 is 18.0 Å². The highest BCUT2D eigenvalue weighted by Gasteiger charge is 2.42. The summed E-state index contributed by atoms with van der Waals surface area (Å²) in [5, 5.41) is 2.54. The van der Waals surface area contributed by atoms with Crippen LogP contribution >= 0.6 is 0 Å². The van der Waals surface area contributed by atoms with Crippen molar-refractivity contribution in [1.82, 2.24) is 15.1 Å². The molecule has 0 spiro atoms. The van der Waals surface area contributed by atoms with Gasteiger partial charge in [0, 0.05) is 19.5 Å². The van der Waals surface area contributed by atoms with E-state index in [0.29, 0.717) is 5.56 Å². The van der Waals surface area contributed by atoms with Crippen LogP contribution in [0.5, 0.6) is 0 Å². The highest BCUT2D eigenvalue weighted by atomic mass is 19.1. The quantitative estimate of drug-likeness (QED) is 0.384. The van der Waals surface area contributed by atoms with Crippen molar-refractivity contribution in [3.63, 3.8) is 0 Å². The average Bonchev–Trinajstić information content (AvgIpc) is 2.79. The molecule has 216 valence electrons. The normalized spacial score (nSPS) is 16.8. The molecule has 12 heteroatoms. The van der Waals surface area contributed by atoms with E-state index in [2.05, 4.69) is 5.32 Å². The Bertz CT molecular complexity index is 1060. The average molecular weight is 552 g/mol. The number of hydrogen-bond acceptors (Lipinski definition) is 8. The highest BCUT2D eigenvalue weighted by Crippen LogP contribution is 2.20. The second kappa shape index (κ2) is 12.9. The molecule has 1 heterocycles. The maximum absolute atomic E-state index is 13.8. The first-order valence-corrected chi connectivity index (χ1v) is 12.6. The molecule has 1 aliphatic rings. The topological polar surface area (TPSA) is 132 Å². The van der Waals surface area contributed by atoms with Gasteiger partial charge in [0.15, 0.2) is 0 Å². The van der Waals surface area contributed by atoms with Gasteiger partial charge in [-0.1, -0.05) is 12.1 Å². The van der Waals surface area contributed by atoms with E-state index < -0.39 is 65.4 Å². The third-order valence-corrected chi connectivity index (χ3v) is 5.54. The van der Waals surface area contributed by atoms with Crippen molar-refractivity contribution in [1.29, 1.82) is 0 Å². The van der Waals surface area contributed by atoms with Crippen LogP contribution in [0.25, 0.3) is 0 Å². The number of nitrogens with zero attached hydrogens (tertiary/aromatic N) is 2. The molecule has 0 saturated carbocycles. The molecule has 0 aliphatic carbocycles. The molecular formula is C27H38FN3O8. The molecule has 0 bridgehead atoms. The first kappa shape index (κ1) is 31.5. The summed E-state index contributed by atoms with van der Waals surface area (Å²) < 4.78 is 28.8. The molecular weight excluding hydrogens is 513 g/mol. The molecule has 1 aliphatic heterocycles. The van der Waals surface area contributed by atoms with E-state index in [1.54, 1.807) is 41.5 Å². The van der Waals surface area contributed by atoms with Crippen LogP contribution in [0.15, 0.2) is 24.3 Å². The van der Waals surface area contributed by atoms with Crippen molar-refractivity contribution in [2.75, 3.05) is 26.7 Å². The van der Waals surface area contributed by atoms with Crippen molar-refractivity contribution in [2.45, 2.75) is 77.7 Å². The SMILES string of the molecule is COC(=O)C[C@H]1C(=O)N(CC(=O)OC(C)(C)C)CCN1C(=O)[C@H](Cc1ccc(F)cc1)NC(=O)OC(C)(C)C. The fourth-order valence-electron chi connectivity index (χ4n) is 3.93.